The van der Waals surface area contributed by atoms with Crippen molar-refractivity contribution < 1.29 is 15.3 Å². The minimum absolute atomic E-state index is 0.134. The van der Waals surface area contributed by atoms with Gasteiger partial charge in [-0.25, -0.2) is 0 Å². The molecule has 0 atom stereocenters. The Morgan fingerprint density at radius 1 is 1.31 bits per heavy atom. The molecular formula is C11H16ClNO3. The summed E-state index contributed by atoms with van der Waals surface area (Å²) in [5.74, 6) is 0.134. The Balaban J connectivity index is 2.70. The molecule has 0 unspecified atom stereocenters. The normalized spacial score (nSPS) is 11.8. The third kappa shape index (κ3) is 3.35. The van der Waals surface area contributed by atoms with Crippen LogP contribution in [0.15, 0.2) is 18.2 Å². The van der Waals surface area contributed by atoms with Crippen LogP contribution in [-0.2, 0) is 6.54 Å². The summed E-state index contributed by atoms with van der Waals surface area (Å²) in [5.41, 5.74) is -0.144. The molecule has 90 valence electrons. The summed E-state index contributed by atoms with van der Waals surface area (Å²) in [7, 11) is 0. The molecule has 0 aliphatic rings. The van der Waals surface area contributed by atoms with Crippen molar-refractivity contribution in [3.05, 3.63) is 28.8 Å². The number of aromatic hydroxyl groups is 1. The highest BCUT2D eigenvalue weighted by atomic mass is 35.5. The average molecular weight is 246 g/mol. The zero-order valence-electron chi connectivity index (χ0n) is 9.07. The van der Waals surface area contributed by atoms with Crippen LogP contribution in [0.5, 0.6) is 5.75 Å². The molecule has 4 N–H and O–H groups in total. The molecule has 1 rings (SSSR count). The minimum atomic E-state index is -0.769. The smallest absolute Gasteiger partial charge is 0.120 e. The van der Waals surface area contributed by atoms with Gasteiger partial charge in [0, 0.05) is 17.1 Å². The van der Waals surface area contributed by atoms with Gasteiger partial charge < -0.3 is 20.6 Å². The van der Waals surface area contributed by atoms with Crippen molar-refractivity contribution in [1.82, 2.24) is 5.32 Å². The topological polar surface area (TPSA) is 72.7 Å². The zero-order valence-corrected chi connectivity index (χ0v) is 9.83. The molecule has 0 bridgehead atoms. The van der Waals surface area contributed by atoms with E-state index in [0.29, 0.717) is 17.1 Å². The summed E-state index contributed by atoms with van der Waals surface area (Å²) < 4.78 is 0. The first kappa shape index (κ1) is 13.3. The monoisotopic (exact) mass is 245 g/mol. The van der Waals surface area contributed by atoms with Crippen molar-refractivity contribution in [3.63, 3.8) is 0 Å². The van der Waals surface area contributed by atoms with E-state index < -0.39 is 5.54 Å². The molecule has 5 heteroatoms. The molecule has 0 fully saturated rings. The zero-order chi connectivity index (χ0) is 12.2. The van der Waals surface area contributed by atoms with Gasteiger partial charge in [0.05, 0.1) is 18.8 Å². The molecule has 0 aliphatic heterocycles. The summed E-state index contributed by atoms with van der Waals surface area (Å²) >= 11 is 5.80. The van der Waals surface area contributed by atoms with Crippen LogP contribution in [0.4, 0.5) is 0 Å². The number of aliphatic hydroxyl groups excluding tert-OH is 2. The van der Waals surface area contributed by atoms with Gasteiger partial charge in [-0.15, -0.1) is 0 Å². The number of nitrogens with one attached hydrogen (secondary N) is 1. The van der Waals surface area contributed by atoms with E-state index in [-0.39, 0.29) is 19.0 Å². The van der Waals surface area contributed by atoms with E-state index in [1.54, 1.807) is 19.1 Å². The molecule has 0 radical (unpaired) electrons. The molecule has 0 aliphatic carbocycles. The van der Waals surface area contributed by atoms with Crippen molar-refractivity contribution in [3.8, 4) is 5.75 Å². The number of phenols is 1. The van der Waals surface area contributed by atoms with Crippen LogP contribution in [0.2, 0.25) is 5.02 Å². The van der Waals surface area contributed by atoms with Crippen molar-refractivity contribution in [1.29, 1.82) is 0 Å². The first-order valence-electron chi connectivity index (χ1n) is 4.95. The highest BCUT2D eigenvalue weighted by Crippen LogP contribution is 2.21. The van der Waals surface area contributed by atoms with Crippen molar-refractivity contribution >= 4 is 11.6 Å². The van der Waals surface area contributed by atoms with Gasteiger partial charge >= 0.3 is 0 Å². The summed E-state index contributed by atoms with van der Waals surface area (Å²) in [6.45, 7) is 1.63. The van der Waals surface area contributed by atoms with E-state index in [1.807, 2.05) is 0 Å². The molecule has 4 nitrogen and oxygen atoms in total. The molecule has 0 spiro atoms. The molecule has 0 heterocycles. The lowest BCUT2D eigenvalue weighted by atomic mass is 10.0. The molecule has 0 amide bonds. The molecule has 0 aromatic heterocycles. The molecule has 0 saturated carbocycles. The number of benzene rings is 1. The lowest BCUT2D eigenvalue weighted by Gasteiger charge is -2.26. The van der Waals surface area contributed by atoms with Gasteiger partial charge in [0.2, 0.25) is 0 Å². The second kappa shape index (κ2) is 5.50. The Hall–Kier alpha value is -0.810. The maximum absolute atomic E-state index is 9.55. The van der Waals surface area contributed by atoms with Gasteiger partial charge in [-0.05, 0) is 25.1 Å². The summed E-state index contributed by atoms with van der Waals surface area (Å²) in [5, 5.41) is 31.2. The lowest BCUT2D eigenvalue weighted by Crippen LogP contribution is -2.48. The standard InChI is InChI=1S/C11H16ClNO3/c1-11(6-14,7-15)13-5-8-4-9(12)2-3-10(8)16/h2-4,13-16H,5-7H2,1H3. The quantitative estimate of drug-likeness (QED) is 0.622. The maximum Gasteiger partial charge on any atom is 0.120 e. The van der Waals surface area contributed by atoms with Crippen LogP contribution < -0.4 is 5.32 Å². The highest BCUT2D eigenvalue weighted by molar-refractivity contribution is 6.30. The van der Waals surface area contributed by atoms with Gasteiger partial charge in [-0.3, -0.25) is 0 Å². The number of halogens is 1. The second-order valence-electron chi connectivity index (χ2n) is 4.00. The fraction of sp³-hybridized carbons (Fsp3) is 0.455. The van der Waals surface area contributed by atoms with E-state index in [9.17, 15) is 5.11 Å². The fourth-order valence-electron chi connectivity index (χ4n) is 1.17. The third-order valence-electron chi connectivity index (χ3n) is 2.45. The Kier molecular flexibility index (Phi) is 4.56. The second-order valence-corrected chi connectivity index (χ2v) is 4.44. The SMILES string of the molecule is CC(CO)(CO)NCc1cc(Cl)ccc1O. The Labute approximate surface area is 99.5 Å². The lowest BCUT2D eigenvalue weighted by molar-refractivity contribution is 0.103. The fourth-order valence-corrected chi connectivity index (χ4v) is 1.36. The van der Waals surface area contributed by atoms with Gasteiger partial charge in [0.15, 0.2) is 0 Å². The third-order valence-corrected chi connectivity index (χ3v) is 2.68. The van der Waals surface area contributed by atoms with Crippen LogP contribution in [-0.4, -0.2) is 34.1 Å². The van der Waals surface area contributed by atoms with Gasteiger partial charge in [0.25, 0.3) is 0 Å². The molecular weight excluding hydrogens is 230 g/mol. The first-order valence-corrected chi connectivity index (χ1v) is 5.33. The molecule has 1 aromatic rings. The molecule has 0 saturated heterocycles. The van der Waals surface area contributed by atoms with Crippen molar-refractivity contribution in [2.45, 2.75) is 19.0 Å². The highest BCUT2D eigenvalue weighted by Gasteiger charge is 2.21. The van der Waals surface area contributed by atoms with E-state index in [0.717, 1.165) is 0 Å². The van der Waals surface area contributed by atoms with Gasteiger partial charge in [0.1, 0.15) is 5.75 Å². The van der Waals surface area contributed by atoms with Crippen LogP contribution in [0.1, 0.15) is 12.5 Å². The maximum atomic E-state index is 9.55. The Morgan fingerprint density at radius 2 is 1.94 bits per heavy atom. The summed E-state index contributed by atoms with van der Waals surface area (Å²) in [4.78, 5) is 0. The van der Waals surface area contributed by atoms with E-state index >= 15 is 0 Å². The van der Waals surface area contributed by atoms with E-state index in [1.165, 1.54) is 6.07 Å². The van der Waals surface area contributed by atoms with E-state index in [4.69, 9.17) is 21.8 Å². The Morgan fingerprint density at radius 3 is 2.50 bits per heavy atom. The van der Waals surface area contributed by atoms with Crippen LogP contribution >= 0.6 is 11.6 Å². The van der Waals surface area contributed by atoms with Crippen molar-refractivity contribution in [2.24, 2.45) is 0 Å². The van der Waals surface area contributed by atoms with Gasteiger partial charge in [-0.1, -0.05) is 11.6 Å². The minimum Gasteiger partial charge on any atom is -0.508 e. The molecule has 16 heavy (non-hydrogen) atoms. The predicted octanol–water partition coefficient (Wildman–Crippen LogP) is 0.878. The largest absolute Gasteiger partial charge is 0.508 e. The summed E-state index contributed by atoms with van der Waals surface area (Å²) in [6.07, 6.45) is 0. The van der Waals surface area contributed by atoms with Crippen LogP contribution in [0.25, 0.3) is 0 Å². The average Bonchev–Trinajstić information content (AvgIpc) is 2.30. The van der Waals surface area contributed by atoms with Crippen molar-refractivity contribution in [2.75, 3.05) is 13.2 Å². The number of hydrogen-bond acceptors (Lipinski definition) is 4. The number of rotatable bonds is 5. The van der Waals surface area contributed by atoms with E-state index in [2.05, 4.69) is 5.32 Å². The van der Waals surface area contributed by atoms with Crippen LogP contribution in [0.3, 0.4) is 0 Å². The number of phenolic OH excluding ortho intramolecular Hbond substituents is 1. The Bertz CT molecular complexity index is 353. The summed E-state index contributed by atoms with van der Waals surface area (Å²) in [6, 6.07) is 4.74. The first-order chi connectivity index (χ1) is 7.50. The molecule has 1 aromatic carbocycles. The van der Waals surface area contributed by atoms with Gasteiger partial charge in [-0.2, -0.15) is 0 Å². The number of aliphatic hydroxyl groups is 2. The van der Waals surface area contributed by atoms with Crippen LogP contribution in [0, 0.1) is 0 Å². The predicted molar refractivity (Wildman–Crippen MR) is 62.5 cm³/mol. The number of hydrogen-bond donors (Lipinski definition) is 4.